The maximum Gasteiger partial charge on any atom is 0.416 e. The molecule has 1 fully saturated rings. The molecular weight excluding hydrogens is 553 g/mol. The Kier molecular flexibility index (Phi) is 12.4. The molecule has 0 radical (unpaired) electrons. The minimum absolute atomic E-state index is 0.0419. The number of carbonyl (C=O) groups is 3. The highest BCUT2D eigenvalue weighted by molar-refractivity contribution is 6.34. The van der Waals surface area contributed by atoms with Crippen molar-refractivity contribution >= 4 is 46.7 Å². The third kappa shape index (κ3) is 8.82. The molecule has 222 valence electrons. The average Bonchev–Trinajstić information content (AvgIpc) is 3.26. The molecule has 1 aromatic heterocycles. The highest BCUT2D eigenvalue weighted by Gasteiger charge is 2.41. The summed E-state index contributed by atoms with van der Waals surface area (Å²) in [6.45, 7) is 10.4. The van der Waals surface area contributed by atoms with Crippen molar-refractivity contribution in [1.82, 2.24) is 4.98 Å². The number of pyridine rings is 1. The van der Waals surface area contributed by atoms with Gasteiger partial charge in [0.15, 0.2) is 0 Å². The Morgan fingerprint density at radius 2 is 1.77 bits per heavy atom. The third-order valence-electron chi connectivity index (χ3n) is 5.32. The van der Waals surface area contributed by atoms with Crippen LogP contribution in [0.4, 0.5) is 35.2 Å². The van der Waals surface area contributed by atoms with Crippen molar-refractivity contribution in [2.45, 2.75) is 72.2 Å². The molecule has 9 nitrogen and oxygen atoms in total. The minimum atomic E-state index is -4.65. The number of rotatable bonds is 4. The minimum Gasteiger partial charge on any atom is -0.444 e. The number of halogens is 4. The van der Waals surface area contributed by atoms with Crippen LogP contribution in [0.3, 0.4) is 0 Å². The van der Waals surface area contributed by atoms with Gasteiger partial charge in [-0.25, -0.2) is 9.78 Å². The molecule has 1 aliphatic rings. The van der Waals surface area contributed by atoms with Crippen LogP contribution in [-0.4, -0.2) is 53.8 Å². The lowest BCUT2D eigenvalue weighted by molar-refractivity contribution is -0.137. The molecule has 1 saturated heterocycles. The van der Waals surface area contributed by atoms with Crippen LogP contribution in [0.1, 0.15) is 58.7 Å². The zero-order valence-electron chi connectivity index (χ0n) is 23.8. The number of aliphatic hydroxyl groups is 1. The fraction of sp³-hybridized carbons (Fsp3) is 0.481. The van der Waals surface area contributed by atoms with Crippen LogP contribution in [0.15, 0.2) is 30.3 Å². The van der Waals surface area contributed by atoms with E-state index in [2.05, 4.69) is 10.3 Å². The van der Waals surface area contributed by atoms with E-state index in [-0.39, 0.29) is 40.8 Å². The van der Waals surface area contributed by atoms with Crippen molar-refractivity contribution in [1.29, 1.82) is 0 Å². The number of aromatic nitrogens is 1. The topological polar surface area (TPSA) is 112 Å². The van der Waals surface area contributed by atoms with Gasteiger partial charge in [-0.05, 0) is 58.4 Å². The summed E-state index contributed by atoms with van der Waals surface area (Å²) >= 11 is 6.29. The second kappa shape index (κ2) is 14.3. The van der Waals surface area contributed by atoms with Gasteiger partial charge in [-0.3, -0.25) is 19.8 Å². The Bertz CT molecular complexity index is 1200. The van der Waals surface area contributed by atoms with E-state index < -0.39 is 41.3 Å². The molecule has 40 heavy (non-hydrogen) atoms. The van der Waals surface area contributed by atoms with Crippen molar-refractivity contribution in [3.63, 3.8) is 0 Å². The van der Waals surface area contributed by atoms with E-state index in [0.717, 1.165) is 24.1 Å². The van der Waals surface area contributed by atoms with Gasteiger partial charge in [0.05, 0.1) is 22.0 Å². The van der Waals surface area contributed by atoms with Crippen molar-refractivity contribution in [3.05, 3.63) is 46.6 Å². The number of amides is 3. The molecule has 2 heterocycles. The molecule has 2 aromatic rings. The summed E-state index contributed by atoms with van der Waals surface area (Å²) in [5.41, 5.74) is -1.38. The van der Waals surface area contributed by atoms with Crippen LogP contribution in [-0.2, 0) is 20.5 Å². The summed E-state index contributed by atoms with van der Waals surface area (Å²) in [6, 6.07) is 5.13. The molecule has 3 amide bonds. The van der Waals surface area contributed by atoms with Crippen LogP contribution >= 0.6 is 11.6 Å². The van der Waals surface area contributed by atoms with Gasteiger partial charge in [0.2, 0.25) is 11.8 Å². The molecule has 1 atom stereocenters. The largest absolute Gasteiger partial charge is 0.444 e. The SMILES string of the molecule is CC.CO.Cc1cc(C(F)(F)F)cc(N2C(=O)CCC2C(=O)N(C)c2cccc(Cl)c2NC(=O)OC(C)(C)C)n1. The highest BCUT2D eigenvalue weighted by atomic mass is 35.5. The van der Waals surface area contributed by atoms with Gasteiger partial charge in [-0.2, -0.15) is 13.2 Å². The van der Waals surface area contributed by atoms with E-state index >= 15 is 0 Å². The van der Waals surface area contributed by atoms with E-state index in [1.807, 2.05) is 13.8 Å². The molecule has 1 unspecified atom stereocenters. The zero-order chi connectivity index (χ0) is 31.0. The summed E-state index contributed by atoms with van der Waals surface area (Å²) < 4.78 is 45.4. The number of benzene rings is 1. The van der Waals surface area contributed by atoms with Crippen LogP contribution in [0.2, 0.25) is 5.02 Å². The number of aliphatic hydroxyl groups excluding tert-OH is 1. The van der Waals surface area contributed by atoms with Crippen molar-refractivity contribution in [3.8, 4) is 0 Å². The van der Waals surface area contributed by atoms with Gasteiger partial charge in [0, 0.05) is 26.3 Å². The van der Waals surface area contributed by atoms with E-state index in [0.29, 0.717) is 0 Å². The molecule has 0 saturated carbocycles. The van der Waals surface area contributed by atoms with E-state index in [1.165, 1.54) is 31.0 Å². The van der Waals surface area contributed by atoms with E-state index in [1.54, 1.807) is 26.8 Å². The number of nitrogens with one attached hydrogen (secondary N) is 1. The average molecular weight is 589 g/mol. The summed E-state index contributed by atoms with van der Waals surface area (Å²) in [7, 11) is 2.42. The molecule has 2 N–H and O–H groups in total. The normalized spacial score (nSPS) is 14.9. The molecule has 13 heteroatoms. The first-order chi connectivity index (χ1) is 18.6. The van der Waals surface area contributed by atoms with Crippen LogP contribution < -0.4 is 15.1 Å². The number of aryl methyl sites for hydroxylation is 1. The molecule has 0 bridgehead atoms. The number of hydrogen-bond acceptors (Lipinski definition) is 6. The Balaban J connectivity index is 0.00000191. The van der Waals surface area contributed by atoms with Gasteiger partial charge < -0.3 is 14.7 Å². The first kappa shape index (κ1) is 34.6. The number of nitrogens with zero attached hydrogens (tertiary/aromatic N) is 3. The number of alkyl halides is 3. The summed E-state index contributed by atoms with van der Waals surface area (Å²) in [6.07, 6.45) is -5.40. The van der Waals surface area contributed by atoms with Gasteiger partial charge in [-0.1, -0.05) is 31.5 Å². The monoisotopic (exact) mass is 588 g/mol. The first-order valence-electron chi connectivity index (χ1n) is 12.5. The number of carbonyl (C=O) groups excluding carboxylic acids is 3. The van der Waals surface area contributed by atoms with Crippen molar-refractivity contribution in [2.75, 3.05) is 29.3 Å². The highest BCUT2D eigenvalue weighted by Crippen LogP contribution is 2.37. The smallest absolute Gasteiger partial charge is 0.416 e. The maximum atomic E-state index is 13.5. The quantitative estimate of drug-likeness (QED) is 0.440. The van der Waals surface area contributed by atoms with Crippen LogP contribution in [0.25, 0.3) is 0 Å². The van der Waals surface area contributed by atoms with Crippen LogP contribution in [0.5, 0.6) is 0 Å². The Hall–Kier alpha value is -3.38. The summed E-state index contributed by atoms with van der Waals surface area (Å²) in [5.74, 6) is -1.37. The molecular formula is C27H36ClF3N4O5. The predicted molar refractivity (Wildman–Crippen MR) is 149 cm³/mol. The maximum absolute atomic E-state index is 13.5. The van der Waals surface area contributed by atoms with E-state index in [4.69, 9.17) is 21.4 Å². The molecule has 0 spiro atoms. The Morgan fingerprint density at radius 3 is 2.33 bits per heavy atom. The number of likely N-dealkylation sites (N-methyl/N-ethyl adjacent to an activating group) is 1. The fourth-order valence-electron chi connectivity index (χ4n) is 3.81. The summed E-state index contributed by atoms with van der Waals surface area (Å²) in [4.78, 5) is 44.8. The standard InChI is InChI=1S/C24H26ClF3N4O4.C2H6.CH4O/c1-13-11-14(24(26,27)28)12-18(29-13)32-17(9-10-19(32)33)21(34)31(5)16-8-6-7-15(25)20(16)30-22(35)36-23(2,3)4;2*1-2/h6-8,11-12,17H,9-10H2,1-5H3,(H,30,35);1-2H3;2H,1H3. The molecule has 1 aromatic carbocycles. The fourth-order valence-corrected chi connectivity index (χ4v) is 4.02. The van der Waals surface area contributed by atoms with Crippen molar-refractivity contribution < 1.29 is 37.4 Å². The Labute approximate surface area is 237 Å². The lowest BCUT2D eigenvalue weighted by Crippen LogP contribution is -2.46. The van der Waals surface area contributed by atoms with Crippen LogP contribution in [0, 0.1) is 6.92 Å². The molecule has 1 aliphatic heterocycles. The Morgan fingerprint density at radius 1 is 1.18 bits per heavy atom. The number of ether oxygens (including phenoxy) is 1. The van der Waals surface area contributed by atoms with Gasteiger partial charge >= 0.3 is 12.3 Å². The summed E-state index contributed by atoms with van der Waals surface area (Å²) in [5, 5.41) is 9.67. The number of para-hydroxylation sites is 1. The van der Waals surface area contributed by atoms with Gasteiger partial charge in [0.25, 0.3) is 0 Å². The predicted octanol–water partition coefficient (Wildman–Crippen LogP) is 6.20. The molecule has 0 aliphatic carbocycles. The lowest BCUT2D eigenvalue weighted by Gasteiger charge is -2.29. The zero-order valence-corrected chi connectivity index (χ0v) is 24.6. The lowest BCUT2D eigenvalue weighted by atomic mass is 10.1. The van der Waals surface area contributed by atoms with Gasteiger partial charge in [-0.15, -0.1) is 0 Å². The second-order valence-corrected chi connectivity index (χ2v) is 9.74. The molecule has 3 rings (SSSR count). The number of hydrogen-bond donors (Lipinski definition) is 2. The third-order valence-corrected chi connectivity index (χ3v) is 5.64. The van der Waals surface area contributed by atoms with E-state index in [9.17, 15) is 27.6 Å². The van der Waals surface area contributed by atoms with Gasteiger partial charge in [0.1, 0.15) is 17.5 Å². The first-order valence-corrected chi connectivity index (χ1v) is 12.8. The van der Waals surface area contributed by atoms with Crippen molar-refractivity contribution in [2.24, 2.45) is 0 Å². The second-order valence-electron chi connectivity index (χ2n) is 9.33. The number of anilines is 3.